The highest BCUT2D eigenvalue weighted by Gasteiger charge is 2.36. The number of carbonyl (C=O) groups excluding carboxylic acids is 3. The molecular weight excluding hydrogens is 341 g/mol. The van der Waals surface area contributed by atoms with Crippen molar-refractivity contribution in [3.8, 4) is 0 Å². The Bertz CT molecular complexity index is 670. The molecule has 0 N–H and O–H groups in total. The fourth-order valence-electron chi connectivity index (χ4n) is 3.22. The van der Waals surface area contributed by atoms with Gasteiger partial charge in [0, 0.05) is 25.4 Å². The predicted molar refractivity (Wildman–Crippen MR) is 90.0 cm³/mol. The molecule has 1 aromatic carbocycles. The standard InChI is InChI=1S/C18H22FN3O4/c1-20-10-8-15(9-11-20)21(12-13-2-4-14(19)5-3-13)18(25)26-22-16(23)6-7-17(22)24/h2-5,15H,6-12H2,1H3. The van der Waals surface area contributed by atoms with E-state index in [1.807, 2.05) is 7.05 Å². The summed E-state index contributed by atoms with van der Waals surface area (Å²) in [5, 5.41) is 0.564. The van der Waals surface area contributed by atoms with Crippen LogP contribution in [0.1, 0.15) is 31.2 Å². The third-order valence-electron chi connectivity index (χ3n) is 4.80. The second-order valence-corrected chi connectivity index (χ2v) is 6.73. The summed E-state index contributed by atoms with van der Waals surface area (Å²) in [5.74, 6) is -1.36. The fraction of sp³-hybridized carbons (Fsp3) is 0.500. The number of piperidine rings is 1. The van der Waals surface area contributed by atoms with E-state index in [0.29, 0.717) is 5.06 Å². The van der Waals surface area contributed by atoms with E-state index in [9.17, 15) is 18.8 Å². The molecule has 2 heterocycles. The molecule has 8 heteroatoms. The van der Waals surface area contributed by atoms with Crippen molar-refractivity contribution in [2.45, 2.75) is 38.3 Å². The molecule has 1 aromatic rings. The number of hydrogen-bond acceptors (Lipinski definition) is 5. The number of imide groups is 1. The van der Waals surface area contributed by atoms with Crippen molar-refractivity contribution >= 4 is 17.9 Å². The first-order chi connectivity index (χ1) is 12.4. The van der Waals surface area contributed by atoms with Crippen molar-refractivity contribution in [1.29, 1.82) is 0 Å². The molecule has 0 atom stereocenters. The van der Waals surface area contributed by atoms with Gasteiger partial charge >= 0.3 is 6.09 Å². The molecule has 0 aromatic heterocycles. The van der Waals surface area contributed by atoms with Crippen molar-refractivity contribution in [3.05, 3.63) is 35.6 Å². The summed E-state index contributed by atoms with van der Waals surface area (Å²) in [7, 11) is 2.01. The molecule has 0 spiro atoms. The van der Waals surface area contributed by atoms with Gasteiger partial charge in [-0.1, -0.05) is 12.1 Å². The SMILES string of the molecule is CN1CCC(N(Cc2ccc(F)cc2)C(=O)ON2C(=O)CCC2=O)CC1. The van der Waals surface area contributed by atoms with Crippen LogP contribution in [0.2, 0.25) is 0 Å². The lowest BCUT2D eigenvalue weighted by molar-refractivity contribution is -0.174. The second kappa shape index (κ2) is 7.82. The molecule has 2 fully saturated rings. The Labute approximate surface area is 151 Å². The molecule has 7 nitrogen and oxygen atoms in total. The Morgan fingerprint density at radius 1 is 1.15 bits per heavy atom. The van der Waals surface area contributed by atoms with Crippen molar-refractivity contribution in [1.82, 2.24) is 14.9 Å². The molecule has 0 radical (unpaired) electrons. The highest BCUT2D eigenvalue weighted by Crippen LogP contribution is 2.21. The number of benzene rings is 1. The lowest BCUT2D eigenvalue weighted by Crippen LogP contribution is -2.48. The van der Waals surface area contributed by atoms with Crippen molar-refractivity contribution < 1.29 is 23.6 Å². The minimum atomic E-state index is -0.729. The maximum absolute atomic E-state index is 13.1. The van der Waals surface area contributed by atoms with Crippen LogP contribution in [-0.4, -0.2) is 58.9 Å². The maximum atomic E-state index is 13.1. The number of carbonyl (C=O) groups is 3. The summed E-state index contributed by atoms with van der Waals surface area (Å²) in [6, 6.07) is 5.81. The zero-order valence-electron chi connectivity index (χ0n) is 14.7. The smallest absolute Gasteiger partial charge is 0.311 e. The van der Waals surface area contributed by atoms with Gasteiger partial charge in [-0.3, -0.25) is 14.5 Å². The number of amides is 3. The van der Waals surface area contributed by atoms with Crippen LogP contribution in [0.15, 0.2) is 24.3 Å². The Morgan fingerprint density at radius 3 is 2.31 bits per heavy atom. The van der Waals surface area contributed by atoms with E-state index in [-0.39, 0.29) is 31.2 Å². The van der Waals surface area contributed by atoms with Crippen LogP contribution in [0.25, 0.3) is 0 Å². The first-order valence-corrected chi connectivity index (χ1v) is 8.71. The normalized spacial score (nSPS) is 19.1. The average Bonchev–Trinajstić information content (AvgIpc) is 2.94. The molecule has 140 valence electrons. The molecule has 26 heavy (non-hydrogen) atoms. The van der Waals surface area contributed by atoms with E-state index >= 15 is 0 Å². The summed E-state index contributed by atoms with van der Waals surface area (Å²) in [4.78, 5) is 45.0. The Morgan fingerprint density at radius 2 is 1.73 bits per heavy atom. The topological polar surface area (TPSA) is 70.2 Å². The zero-order chi connectivity index (χ0) is 18.7. The summed E-state index contributed by atoms with van der Waals surface area (Å²) < 4.78 is 13.1. The Hall–Kier alpha value is -2.48. The highest BCUT2D eigenvalue weighted by atomic mass is 19.1. The maximum Gasteiger partial charge on any atom is 0.435 e. The summed E-state index contributed by atoms with van der Waals surface area (Å²) in [6.07, 6.45) is 0.896. The molecule has 2 aliphatic rings. The molecule has 3 rings (SSSR count). The quantitative estimate of drug-likeness (QED) is 0.765. The van der Waals surface area contributed by atoms with Gasteiger partial charge in [-0.05, 0) is 50.7 Å². The van der Waals surface area contributed by atoms with Crippen molar-refractivity contribution in [2.24, 2.45) is 0 Å². The summed E-state index contributed by atoms with van der Waals surface area (Å²) in [6.45, 7) is 1.89. The Balaban J connectivity index is 1.75. The van der Waals surface area contributed by atoms with Gasteiger partial charge in [0.05, 0.1) is 0 Å². The molecule has 3 amide bonds. The molecule has 0 unspecified atom stereocenters. The van der Waals surface area contributed by atoms with E-state index in [1.165, 1.54) is 17.0 Å². The van der Waals surface area contributed by atoms with Gasteiger partial charge in [0.1, 0.15) is 5.82 Å². The number of nitrogens with zero attached hydrogens (tertiary/aromatic N) is 3. The summed E-state index contributed by atoms with van der Waals surface area (Å²) >= 11 is 0. The van der Waals surface area contributed by atoms with E-state index in [2.05, 4.69) is 4.90 Å². The number of halogens is 1. The predicted octanol–water partition coefficient (Wildman–Crippen LogP) is 1.92. The number of likely N-dealkylation sites (tertiary alicyclic amines) is 1. The first-order valence-electron chi connectivity index (χ1n) is 8.71. The third-order valence-corrected chi connectivity index (χ3v) is 4.80. The number of rotatable bonds is 4. The molecule has 0 bridgehead atoms. The van der Waals surface area contributed by atoms with E-state index in [1.54, 1.807) is 12.1 Å². The van der Waals surface area contributed by atoms with Crippen molar-refractivity contribution in [3.63, 3.8) is 0 Å². The first kappa shape index (κ1) is 18.3. The van der Waals surface area contributed by atoms with Crippen LogP contribution in [0.4, 0.5) is 9.18 Å². The van der Waals surface area contributed by atoms with E-state index in [0.717, 1.165) is 31.5 Å². The van der Waals surface area contributed by atoms with Crippen LogP contribution in [0, 0.1) is 5.82 Å². The van der Waals surface area contributed by atoms with Gasteiger partial charge < -0.3 is 9.74 Å². The highest BCUT2D eigenvalue weighted by molar-refractivity contribution is 6.01. The minimum Gasteiger partial charge on any atom is -0.311 e. The summed E-state index contributed by atoms with van der Waals surface area (Å²) in [5.41, 5.74) is 0.751. The van der Waals surface area contributed by atoms with Crippen LogP contribution in [-0.2, 0) is 21.0 Å². The van der Waals surface area contributed by atoms with Gasteiger partial charge in [-0.2, -0.15) is 0 Å². The lowest BCUT2D eigenvalue weighted by atomic mass is 10.0. The van der Waals surface area contributed by atoms with Gasteiger partial charge in [-0.25, -0.2) is 9.18 Å². The molecule has 0 aliphatic carbocycles. The minimum absolute atomic E-state index is 0.0539. The molecule has 0 saturated carbocycles. The third kappa shape index (κ3) is 4.19. The van der Waals surface area contributed by atoms with Crippen LogP contribution in [0.5, 0.6) is 0 Å². The average molecular weight is 363 g/mol. The van der Waals surface area contributed by atoms with Crippen LogP contribution in [0.3, 0.4) is 0 Å². The van der Waals surface area contributed by atoms with Gasteiger partial charge in [0.2, 0.25) is 0 Å². The molecule has 2 saturated heterocycles. The second-order valence-electron chi connectivity index (χ2n) is 6.73. The number of hydroxylamine groups is 2. The monoisotopic (exact) mass is 363 g/mol. The lowest BCUT2D eigenvalue weighted by Gasteiger charge is -2.36. The van der Waals surface area contributed by atoms with Crippen LogP contribution >= 0.6 is 0 Å². The fourth-order valence-corrected chi connectivity index (χ4v) is 3.22. The molecular formula is C18H22FN3O4. The van der Waals surface area contributed by atoms with Crippen LogP contribution < -0.4 is 0 Å². The largest absolute Gasteiger partial charge is 0.435 e. The van der Waals surface area contributed by atoms with E-state index < -0.39 is 17.9 Å². The van der Waals surface area contributed by atoms with E-state index in [4.69, 9.17) is 4.84 Å². The Kier molecular flexibility index (Phi) is 5.51. The van der Waals surface area contributed by atoms with Gasteiger partial charge in [-0.15, -0.1) is 5.06 Å². The zero-order valence-corrected chi connectivity index (χ0v) is 14.7. The van der Waals surface area contributed by atoms with Crippen molar-refractivity contribution in [2.75, 3.05) is 20.1 Å². The molecule has 2 aliphatic heterocycles. The van der Waals surface area contributed by atoms with Gasteiger partial charge in [0.25, 0.3) is 11.8 Å². The van der Waals surface area contributed by atoms with Gasteiger partial charge in [0.15, 0.2) is 0 Å². The number of hydrogen-bond donors (Lipinski definition) is 0.